The van der Waals surface area contributed by atoms with E-state index in [4.69, 9.17) is 6.42 Å². The van der Waals surface area contributed by atoms with Gasteiger partial charge in [-0.1, -0.05) is 0 Å². The molecule has 0 bridgehead atoms. The first-order valence-corrected chi connectivity index (χ1v) is 5.06. The Kier molecular flexibility index (Phi) is 3.77. The molecule has 0 aliphatic rings. The number of aryl methyl sites for hydroxylation is 1. The summed E-state index contributed by atoms with van der Waals surface area (Å²) in [5.74, 6) is 2.60. The molecule has 0 aliphatic heterocycles. The van der Waals surface area contributed by atoms with Crippen LogP contribution < -0.4 is 0 Å². The maximum absolute atomic E-state index is 5.17. The second-order valence-electron chi connectivity index (χ2n) is 2.31. The lowest BCUT2D eigenvalue weighted by atomic mass is 10.2. The molecule has 0 aromatic carbocycles. The van der Waals surface area contributed by atoms with Gasteiger partial charge in [0, 0.05) is 17.1 Å². The van der Waals surface area contributed by atoms with Gasteiger partial charge >= 0.3 is 0 Å². The van der Waals surface area contributed by atoms with E-state index in [0.29, 0.717) is 0 Å². The van der Waals surface area contributed by atoms with E-state index in [1.54, 1.807) is 6.20 Å². The number of terminal acetylenes is 1. The first kappa shape index (κ1) is 9.76. The molecule has 0 N–H and O–H groups in total. The molecule has 0 saturated heterocycles. The van der Waals surface area contributed by atoms with Gasteiger partial charge in [-0.3, -0.25) is 0 Å². The highest BCUT2D eigenvalue weighted by molar-refractivity contribution is 9.11. The highest BCUT2D eigenvalue weighted by Crippen LogP contribution is 2.19. The zero-order chi connectivity index (χ0) is 8.97. The van der Waals surface area contributed by atoms with Gasteiger partial charge in [0.2, 0.25) is 0 Å². The van der Waals surface area contributed by atoms with E-state index >= 15 is 0 Å². The third kappa shape index (κ3) is 2.62. The van der Waals surface area contributed by atoms with Crippen molar-refractivity contribution in [1.29, 1.82) is 0 Å². The zero-order valence-corrected chi connectivity index (χ0v) is 9.52. The van der Waals surface area contributed by atoms with E-state index in [-0.39, 0.29) is 0 Å². The third-order valence-corrected chi connectivity index (χ3v) is 2.56. The van der Waals surface area contributed by atoms with Crippen LogP contribution in [0.3, 0.4) is 0 Å². The van der Waals surface area contributed by atoms with Crippen LogP contribution in [0.2, 0.25) is 0 Å². The molecule has 0 fully saturated rings. The number of aromatic nitrogens is 1. The largest absolute Gasteiger partial charge is 0.248 e. The Labute approximate surface area is 88.8 Å². The molecule has 0 aliphatic carbocycles. The standard InChI is InChI=1S/C9H7Br2N/c1-2-3-4-7-5-8(10)6-12-9(7)11/h1,5-6H,3-4H2. The van der Waals surface area contributed by atoms with Crippen molar-refractivity contribution in [1.82, 2.24) is 4.98 Å². The summed E-state index contributed by atoms with van der Waals surface area (Å²) >= 11 is 6.71. The molecular weight excluding hydrogens is 282 g/mol. The number of halogens is 2. The Balaban J connectivity index is 2.84. The number of nitrogens with zero attached hydrogens (tertiary/aromatic N) is 1. The molecule has 0 amide bonds. The van der Waals surface area contributed by atoms with Crippen molar-refractivity contribution in [2.75, 3.05) is 0 Å². The van der Waals surface area contributed by atoms with Crippen molar-refractivity contribution in [2.45, 2.75) is 12.8 Å². The van der Waals surface area contributed by atoms with Crippen LogP contribution in [0.25, 0.3) is 0 Å². The third-order valence-electron chi connectivity index (χ3n) is 1.42. The van der Waals surface area contributed by atoms with Crippen molar-refractivity contribution in [3.05, 3.63) is 26.9 Å². The monoisotopic (exact) mass is 287 g/mol. The average molecular weight is 289 g/mol. The van der Waals surface area contributed by atoms with Crippen LogP contribution >= 0.6 is 31.9 Å². The van der Waals surface area contributed by atoms with E-state index < -0.39 is 0 Å². The molecule has 0 spiro atoms. The summed E-state index contributed by atoms with van der Waals surface area (Å²) in [4.78, 5) is 4.13. The SMILES string of the molecule is C#CCCc1cc(Br)cnc1Br. The number of hydrogen-bond donors (Lipinski definition) is 0. The van der Waals surface area contributed by atoms with Crippen molar-refractivity contribution in [2.24, 2.45) is 0 Å². The van der Waals surface area contributed by atoms with Crippen molar-refractivity contribution in [3.8, 4) is 12.3 Å². The predicted octanol–water partition coefficient (Wildman–Crippen LogP) is 3.17. The van der Waals surface area contributed by atoms with Gasteiger partial charge < -0.3 is 0 Å². The molecular formula is C9H7Br2N. The van der Waals surface area contributed by atoms with Gasteiger partial charge in [-0.15, -0.1) is 12.3 Å². The summed E-state index contributed by atoms with van der Waals surface area (Å²) in [6.07, 6.45) is 8.53. The smallest absolute Gasteiger partial charge is 0.109 e. The summed E-state index contributed by atoms with van der Waals surface area (Å²) in [6.45, 7) is 0. The van der Waals surface area contributed by atoms with Crippen LogP contribution in [0.4, 0.5) is 0 Å². The highest BCUT2D eigenvalue weighted by atomic mass is 79.9. The Bertz CT molecular complexity index is 315. The molecule has 1 aromatic rings. The molecule has 0 saturated carbocycles. The fourth-order valence-electron chi connectivity index (χ4n) is 0.847. The fraction of sp³-hybridized carbons (Fsp3) is 0.222. The molecule has 3 heteroatoms. The van der Waals surface area contributed by atoms with Crippen LogP contribution in [0, 0.1) is 12.3 Å². The molecule has 12 heavy (non-hydrogen) atoms. The Morgan fingerprint density at radius 3 is 2.92 bits per heavy atom. The van der Waals surface area contributed by atoms with Crippen LogP contribution in [0.15, 0.2) is 21.3 Å². The first-order chi connectivity index (χ1) is 5.74. The van der Waals surface area contributed by atoms with Gasteiger partial charge in [0.15, 0.2) is 0 Å². The molecule has 0 atom stereocenters. The lowest BCUT2D eigenvalue weighted by molar-refractivity contribution is 0.994. The average Bonchev–Trinajstić information content (AvgIpc) is 2.07. The molecule has 1 nitrogen and oxygen atoms in total. The molecule has 0 unspecified atom stereocenters. The Morgan fingerprint density at radius 1 is 1.50 bits per heavy atom. The van der Waals surface area contributed by atoms with Crippen LogP contribution in [-0.4, -0.2) is 4.98 Å². The summed E-state index contributed by atoms with van der Waals surface area (Å²) < 4.78 is 1.86. The first-order valence-electron chi connectivity index (χ1n) is 3.47. The summed E-state index contributed by atoms with van der Waals surface area (Å²) in [5.41, 5.74) is 1.14. The van der Waals surface area contributed by atoms with E-state index in [1.165, 1.54) is 0 Å². The minimum absolute atomic E-state index is 0.747. The minimum atomic E-state index is 0.747. The van der Waals surface area contributed by atoms with Crippen LogP contribution in [0.1, 0.15) is 12.0 Å². The van der Waals surface area contributed by atoms with Crippen molar-refractivity contribution in [3.63, 3.8) is 0 Å². The van der Waals surface area contributed by atoms with Gasteiger partial charge in [0.1, 0.15) is 4.60 Å². The Morgan fingerprint density at radius 2 is 2.25 bits per heavy atom. The van der Waals surface area contributed by atoms with Crippen LogP contribution in [-0.2, 0) is 6.42 Å². The van der Waals surface area contributed by atoms with Gasteiger partial charge in [-0.05, 0) is 49.9 Å². The van der Waals surface area contributed by atoms with Gasteiger partial charge in [0.25, 0.3) is 0 Å². The van der Waals surface area contributed by atoms with Gasteiger partial charge in [-0.2, -0.15) is 0 Å². The number of hydrogen-bond acceptors (Lipinski definition) is 1. The highest BCUT2D eigenvalue weighted by Gasteiger charge is 2.00. The predicted molar refractivity (Wildman–Crippen MR) is 56.8 cm³/mol. The Hall–Kier alpha value is -0.330. The van der Waals surface area contributed by atoms with Crippen molar-refractivity contribution < 1.29 is 0 Å². The zero-order valence-electron chi connectivity index (χ0n) is 6.35. The minimum Gasteiger partial charge on any atom is -0.248 e. The molecule has 1 heterocycles. The normalized spacial score (nSPS) is 9.42. The van der Waals surface area contributed by atoms with E-state index in [0.717, 1.165) is 27.5 Å². The quantitative estimate of drug-likeness (QED) is 0.602. The van der Waals surface area contributed by atoms with E-state index in [9.17, 15) is 0 Å². The van der Waals surface area contributed by atoms with E-state index in [2.05, 4.69) is 42.8 Å². The summed E-state index contributed by atoms with van der Waals surface area (Å²) in [6, 6.07) is 2.02. The lowest BCUT2D eigenvalue weighted by Gasteiger charge is -2.00. The molecule has 62 valence electrons. The number of rotatable bonds is 2. The fourth-order valence-corrected chi connectivity index (χ4v) is 1.64. The maximum Gasteiger partial charge on any atom is 0.109 e. The molecule has 1 aromatic heterocycles. The van der Waals surface area contributed by atoms with Crippen LogP contribution in [0.5, 0.6) is 0 Å². The second kappa shape index (κ2) is 4.64. The second-order valence-corrected chi connectivity index (χ2v) is 3.97. The van der Waals surface area contributed by atoms with Gasteiger partial charge in [0.05, 0.1) is 0 Å². The van der Waals surface area contributed by atoms with Gasteiger partial charge in [-0.25, -0.2) is 4.98 Å². The van der Waals surface area contributed by atoms with E-state index in [1.807, 2.05) is 6.07 Å². The maximum atomic E-state index is 5.17. The lowest BCUT2D eigenvalue weighted by Crippen LogP contribution is -1.88. The topological polar surface area (TPSA) is 12.9 Å². The summed E-state index contributed by atoms with van der Waals surface area (Å²) in [5, 5.41) is 0. The van der Waals surface area contributed by atoms with Crippen molar-refractivity contribution >= 4 is 31.9 Å². The molecule has 0 radical (unpaired) electrons. The summed E-state index contributed by atoms with van der Waals surface area (Å²) in [7, 11) is 0. The number of pyridine rings is 1. The molecule has 1 rings (SSSR count).